The average molecular weight is 276 g/mol. The van der Waals surface area contributed by atoms with Crippen molar-refractivity contribution in [1.82, 2.24) is 15.1 Å². The number of nitrogens with zero attached hydrogens (tertiary/aromatic N) is 3. The summed E-state index contributed by atoms with van der Waals surface area (Å²) in [4.78, 5) is 14.9. The maximum atomic E-state index is 12.1. The third kappa shape index (κ3) is 3.51. The minimum absolute atomic E-state index is 0.121. The molecule has 100 valence electrons. The monoisotopic (exact) mass is 276 g/mol. The van der Waals surface area contributed by atoms with E-state index in [0.29, 0.717) is 18.1 Å². The first-order valence-electron chi connectivity index (χ1n) is 6.06. The van der Waals surface area contributed by atoms with Crippen LogP contribution in [0.15, 0.2) is 29.6 Å². The van der Waals surface area contributed by atoms with E-state index in [1.54, 1.807) is 35.4 Å². The van der Waals surface area contributed by atoms with Gasteiger partial charge >= 0.3 is 0 Å². The van der Waals surface area contributed by atoms with Crippen LogP contribution in [0.2, 0.25) is 0 Å². The topological polar surface area (TPSA) is 58.1 Å². The van der Waals surface area contributed by atoms with E-state index in [1.807, 2.05) is 24.4 Å². The highest BCUT2D eigenvalue weighted by atomic mass is 32.1. The van der Waals surface area contributed by atoms with Crippen molar-refractivity contribution < 1.29 is 4.79 Å². The first kappa shape index (κ1) is 13.5. The number of nitrogens with one attached hydrogen (secondary N) is 1. The Morgan fingerprint density at radius 3 is 2.79 bits per heavy atom. The van der Waals surface area contributed by atoms with Crippen molar-refractivity contribution in [1.29, 1.82) is 0 Å². The van der Waals surface area contributed by atoms with Gasteiger partial charge in [0.15, 0.2) is 5.69 Å². The summed E-state index contributed by atoms with van der Waals surface area (Å²) in [6, 6.07) is 7.44. The summed E-state index contributed by atoms with van der Waals surface area (Å²) in [6.45, 7) is 3.35. The second-order valence-corrected chi connectivity index (χ2v) is 5.11. The summed E-state index contributed by atoms with van der Waals surface area (Å²) in [6.07, 6.45) is 0. The van der Waals surface area contributed by atoms with Gasteiger partial charge in [-0.05, 0) is 30.5 Å². The summed E-state index contributed by atoms with van der Waals surface area (Å²) in [5.74, 6) is 0.559. The lowest BCUT2D eigenvalue weighted by Gasteiger charge is -2.15. The Bertz CT molecular complexity index is 524. The Morgan fingerprint density at radius 1 is 1.37 bits per heavy atom. The molecule has 0 saturated carbocycles. The number of aromatic nitrogens is 2. The van der Waals surface area contributed by atoms with Gasteiger partial charge in [-0.1, -0.05) is 6.07 Å². The van der Waals surface area contributed by atoms with E-state index in [9.17, 15) is 4.79 Å². The zero-order valence-corrected chi connectivity index (χ0v) is 11.8. The van der Waals surface area contributed by atoms with Crippen LogP contribution in [0.5, 0.6) is 0 Å². The molecule has 0 aliphatic rings. The van der Waals surface area contributed by atoms with Crippen molar-refractivity contribution >= 4 is 23.1 Å². The maximum absolute atomic E-state index is 12.1. The number of carbonyl (C=O) groups is 1. The van der Waals surface area contributed by atoms with Crippen LogP contribution >= 0.6 is 11.3 Å². The van der Waals surface area contributed by atoms with Crippen molar-refractivity contribution in [3.8, 4) is 0 Å². The van der Waals surface area contributed by atoms with Gasteiger partial charge in [-0.15, -0.1) is 21.5 Å². The predicted octanol–water partition coefficient (Wildman–Crippen LogP) is 2.24. The minimum Gasteiger partial charge on any atom is -0.369 e. The van der Waals surface area contributed by atoms with Gasteiger partial charge in [0.05, 0.1) is 6.54 Å². The summed E-state index contributed by atoms with van der Waals surface area (Å²) in [5, 5.41) is 13.0. The fourth-order valence-electron chi connectivity index (χ4n) is 1.63. The van der Waals surface area contributed by atoms with E-state index in [2.05, 4.69) is 15.5 Å². The molecule has 1 N–H and O–H groups in total. The van der Waals surface area contributed by atoms with Gasteiger partial charge in [-0.25, -0.2) is 0 Å². The van der Waals surface area contributed by atoms with E-state index < -0.39 is 0 Å². The normalized spacial score (nSPS) is 10.2. The van der Waals surface area contributed by atoms with E-state index >= 15 is 0 Å². The molecule has 6 heteroatoms. The number of thiophene rings is 1. The number of carbonyl (C=O) groups excluding carboxylic acids is 1. The van der Waals surface area contributed by atoms with Crippen LogP contribution in [-0.4, -0.2) is 34.6 Å². The molecule has 0 bridgehead atoms. The molecule has 0 aromatic carbocycles. The fraction of sp³-hybridized carbons (Fsp3) is 0.308. The quantitative estimate of drug-likeness (QED) is 0.910. The second-order valence-electron chi connectivity index (χ2n) is 4.07. The van der Waals surface area contributed by atoms with E-state index in [4.69, 9.17) is 0 Å². The minimum atomic E-state index is -0.121. The molecule has 0 atom stereocenters. The van der Waals surface area contributed by atoms with Crippen molar-refractivity contribution in [2.45, 2.75) is 13.5 Å². The summed E-state index contributed by atoms with van der Waals surface area (Å²) >= 11 is 1.63. The van der Waals surface area contributed by atoms with Gasteiger partial charge < -0.3 is 10.2 Å². The van der Waals surface area contributed by atoms with E-state index in [1.165, 1.54) is 0 Å². The molecular formula is C13H16N4OS. The van der Waals surface area contributed by atoms with Gasteiger partial charge in [0, 0.05) is 18.5 Å². The van der Waals surface area contributed by atoms with Gasteiger partial charge in [0.25, 0.3) is 5.91 Å². The standard InChI is InChI=1S/C13H16N4OS/c1-3-14-12-7-6-11(15-16-12)13(18)17(2)9-10-5-4-8-19-10/h4-8H,3,9H2,1-2H3,(H,14,16). The van der Waals surface area contributed by atoms with Crippen LogP contribution in [0.25, 0.3) is 0 Å². The highest BCUT2D eigenvalue weighted by Crippen LogP contribution is 2.12. The molecule has 5 nitrogen and oxygen atoms in total. The molecule has 0 spiro atoms. The molecule has 1 amide bonds. The summed E-state index contributed by atoms with van der Waals surface area (Å²) < 4.78 is 0. The Labute approximate surface area is 116 Å². The largest absolute Gasteiger partial charge is 0.369 e. The Kier molecular flexibility index (Phi) is 4.46. The molecule has 2 rings (SSSR count). The van der Waals surface area contributed by atoms with Crippen LogP contribution in [0.4, 0.5) is 5.82 Å². The highest BCUT2D eigenvalue weighted by Gasteiger charge is 2.14. The highest BCUT2D eigenvalue weighted by molar-refractivity contribution is 7.09. The molecule has 2 aromatic rings. The zero-order chi connectivity index (χ0) is 13.7. The lowest BCUT2D eigenvalue weighted by molar-refractivity contribution is 0.0779. The maximum Gasteiger partial charge on any atom is 0.274 e. The van der Waals surface area contributed by atoms with Crippen LogP contribution in [0, 0.1) is 0 Å². The SMILES string of the molecule is CCNc1ccc(C(=O)N(C)Cc2cccs2)nn1. The van der Waals surface area contributed by atoms with E-state index in [-0.39, 0.29) is 5.91 Å². The number of hydrogen-bond donors (Lipinski definition) is 1. The van der Waals surface area contributed by atoms with Crippen LogP contribution in [0.1, 0.15) is 22.3 Å². The molecule has 0 radical (unpaired) electrons. The van der Waals surface area contributed by atoms with Crippen molar-refractivity contribution in [3.05, 3.63) is 40.2 Å². The Morgan fingerprint density at radius 2 is 2.21 bits per heavy atom. The molecule has 19 heavy (non-hydrogen) atoms. The second kappa shape index (κ2) is 6.29. The molecule has 0 unspecified atom stereocenters. The summed E-state index contributed by atoms with van der Waals surface area (Å²) in [5.41, 5.74) is 0.362. The third-order valence-corrected chi connectivity index (χ3v) is 3.42. The van der Waals surface area contributed by atoms with Crippen LogP contribution in [-0.2, 0) is 6.54 Å². The lowest BCUT2D eigenvalue weighted by atomic mass is 10.3. The van der Waals surface area contributed by atoms with E-state index in [0.717, 1.165) is 11.4 Å². The third-order valence-electron chi connectivity index (χ3n) is 2.56. The molecule has 2 aromatic heterocycles. The Hall–Kier alpha value is -1.95. The van der Waals surface area contributed by atoms with Crippen molar-refractivity contribution in [2.75, 3.05) is 18.9 Å². The molecular weight excluding hydrogens is 260 g/mol. The molecule has 0 aliphatic heterocycles. The van der Waals surface area contributed by atoms with Gasteiger partial charge in [0.1, 0.15) is 5.82 Å². The van der Waals surface area contributed by atoms with Gasteiger partial charge in [-0.2, -0.15) is 0 Å². The molecule has 0 fully saturated rings. The fourth-order valence-corrected chi connectivity index (χ4v) is 2.38. The number of amides is 1. The first-order valence-corrected chi connectivity index (χ1v) is 6.94. The average Bonchev–Trinajstić information content (AvgIpc) is 2.92. The van der Waals surface area contributed by atoms with Crippen molar-refractivity contribution in [2.24, 2.45) is 0 Å². The molecule has 0 aliphatic carbocycles. The number of hydrogen-bond acceptors (Lipinski definition) is 5. The lowest BCUT2D eigenvalue weighted by Crippen LogP contribution is -2.27. The zero-order valence-electron chi connectivity index (χ0n) is 11.0. The van der Waals surface area contributed by atoms with Crippen molar-refractivity contribution in [3.63, 3.8) is 0 Å². The smallest absolute Gasteiger partial charge is 0.274 e. The first-order chi connectivity index (χ1) is 9.20. The molecule has 2 heterocycles. The molecule has 0 saturated heterocycles. The number of anilines is 1. The number of rotatable bonds is 5. The Balaban J connectivity index is 2.02. The van der Waals surface area contributed by atoms with Gasteiger partial charge in [0.2, 0.25) is 0 Å². The predicted molar refractivity (Wildman–Crippen MR) is 76.3 cm³/mol. The van der Waals surface area contributed by atoms with Gasteiger partial charge in [-0.3, -0.25) is 4.79 Å². The van der Waals surface area contributed by atoms with Crippen LogP contribution < -0.4 is 5.32 Å². The summed E-state index contributed by atoms with van der Waals surface area (Å²) in [7, 11) is 1.77. The van der Waals surface area contributed by atoms with Crippen LogP contribution in [0.3, 0.4) is 0 Å².